The van der Waals surface area contributed by atoms with Gasteiger partial charge in [0.15, 0.2) is 15.0 Å². The largest absolute Gasteiger partial charge is 0.277 e. The molecule has 1 amide bonds. The van der Waals surface area contributed by atoms with Gasteiger partial charge in [0.25, 0.3) is 0 Å². The summed E-state index contributed by atoms with van der Waals surface area (Å²) in [6.07, 6.45) is 0.508. The molecule has 0 aromatic heterocycles. The minimum absolute atomic E-state index is 0.0101. The van der Waals surface area contributed by atoms with Crippen molar-refractivity contribution in [1.82, 2.24) is 10.9 Å². The minimum atomic E-state index is -2.90. The lowest BCUT2D eigenvalue weighted by Crippen LogP contribution is -2.34. The number of rotatable bonds is 2. The van der Waals surface area contributed by atoms with E-state index < -0.39 is 9.84 Å². The smallest absolute Gasteiger partial charge is 0.225 e. The first-order valence-corrected chi connectivity index (χ1v) is 6.71. The van der Waals surface area contributed by atoms with Gasteiger partial charge in [0, 0.05) is 5.25 Å². The van der Waals surface area contributed by atoms with Crippen LogP contribution in [0.25, 0.3) is 0 Å². The Labute approximate surface area is 85.4 Å². The van der Waals surface area contributed by atoms with E-state index in [-0.39, 0.29) is 22.8 Å². The van der Waals surface area contributed by atoms with E-state index in [9.17, 15) is 13.2 Å². The van der Waals surface area contributed by atoms with Crippen LogP contribution in [0.15, 0.2) is 4.99 Å². The summed E-state index contributed by atoms with van der Waals surface area (Å²) in [6, 6.07) is -0.152. The van der Waals surface area contributed by atoms with Crippen LogP contribution in [-0.4, -0.2) is 42.8 Å². The number of aliphatic imine (C=N–C) groups is 1. The molecule has 0 radical (unpaired) electrons. The minimum Gasteiger partial charge on any atom is -0.277 e. The van der Waals surface area contributed by atoms with Crippen LogP contribution in [0.4, 0.5) is 0 Å². The highest BCUT2D eigenvalue weighted by molar-refractivity contribution is 8.15. The Morgan fingerprint density at radius 2 is 2.29 bits per heavy atom. The fourth-order valence-corrected chi connectivity index (χ4v) is 5.12. The van der Waals surface area contributed by atoms with Crippen molar-refractivity contribution >= 4 is 33.2 Å². The molecule has 2 heterocycles. The zero-order valence-electron chi connectivity index (χ0n) is 7.13. The zero-order chi connectivity index (χ0) is 10.2. The number of fused-ring (bicyclic) bond motifs is 1. The predicted octanol–water partition coefficient (Wildman–Crippen LogP) is -1.49. The molecule has 14 heavy (non-hydrogen) atoms. The van der Waals surface area contributed by atoms with Crippen molar-refractivity contribution in [1.29, 1.82) is 0 Å². The topological polar surface area (TPSA) is 87.6 Å². The number of carbonyl (C=O) groups excluding carboxylic acids is 1. The van der Waals surface area contributed by atoms with E-state index in [2.05, 4.69) is 15.8 Å². The quantitative estimate of drug-likeness (QED) is 0.449. The van der Waals surface area contributed by atoms with Crippen molar-refractivity contribution in [3.8, 4) is 0 Å². The standard InChI is InChI=1S/C6H9N3O3S2/c10-3-7-9-6-8-4-1-14(11,12)2-5(4)13-6/h3-5H,1-2H2,(H,7,10)(H,8,9)/t4-,5+/m0/s1. The second-order valence-corrected chi connectivity index (χ2v) is 6.50. The number of nitrogens with zero attached hydrogens (tertiary/aromatic N) is 1. The van der Waals surface area contributed by atoms with Gasteiger partial charge in [-0.3, -0.25) is 20.6 Å². The number of hydrogen-bond acceptors (Lipinski definition) is 6. The van der Waals surface area contributed by atoms with E-state index >= 15 is 0 Å². The average Bonchev–Trinajstić information content (AvgIpc) is 2.53. The summed E-state index contributed by atoms with van der Waals surface area (Å²) < 4.78 is 22.4. The molecule has 8 heteroatoms. The van der Waals surface area contributed by atoms with Gasteiger partial charge >= 0.3 is 0 Å². The van der Waals surface area contributed by atoms with Crippen LogP contribution in [0.2, 0.25) is 0 Å². The fraction of sp³-hybridized carbons (Fsp3) is 0.667. The average molecular weight is 235 g/mol. The molecule has 2 atom stereocenters. The van der Waals surface area contributed by atoms with E-state index in [1.165, 1.54) is 11.8 Å². The summed E-state index contributed by atoms with van der Waals surface area (Å²) in [7, 11) is -2.90. The molecule has 0 unspecified atom stereocenters. The molecule has 78 valence electrons. The van der Waals surface area contributed by atoms with Crippen molar-refractivity contribution in [2.75, 3.05) is 11.5 Å². The maximum atomic E-state index is 11.2. The van der Waals surface area contributed by atoms with E-state index in [0.717, 1.165) is 0 Å². The Hall–Kier alpha value is -0.760. The molecule has 2 aliphatic rings. The zero-order valence-corrected chi connectivity index (χ0v) is 8.77. The number of hydrazine groups is 1. The molecule has 1 saturated heterocycles. The highest BCUT2D eigenvalue weighted by atomic mass is 32.2. The molecule has 1 fully saturated rings. The Morgan fingerprint density at radius 1 is 1.50 bits per heavy atom. The first-order chi connectivity index (χ1) is 6.61. The van der Waals surface area contributed by atoms with E-state index in [4.69, 9.17) is 0 Å². The molecule has 2 aliphatic heterocycles. The van der Waals surface area contributed by atoms with Crippen molar-refractivity contribution in [3.63, 3.8) is 0 Å². The number of amides is 1. The van der Waals surface area contributed by atoms with Gasteiger partial charge in [0.05, 0.1) is 17.5 Å². The van der Waals surface area contributed by atoms with E-state index in [0.29, 0.717) is 11.6 Å². The van der Waals surface area contributed by atoms with Gasteiger partial charge in [-0.25, -0.2) is 8.42 Å². The van der Waals surface area contributed by atoms with Crippen molar-refractivity contribution < 1.29 is 13.2 Å². The molecule has 2 N–H and O–H groups in total. The van der Waals surface area contributed by atoms with Crippen LogP contribution in [0, 0.1) is 0 Å². The van der Waals surface area contributed by atoms with Gasteiger partial charge in [-0.1, -0.05) is 11.8 Å². The van der Waals surface area contributed by atoms with Crippen LogP contribution in [0.1, 0.15) is 0 Å². The Bertz CT molecular complexity index is 378. The molecule has 0 saturated carbocycles. The number of nitrogens with one attached hydrogen (secondary N) is 2. The molecule has 0 aliphatic carbocycles. The van der Waals surface area contributed by atoms with Gasteiger partial charge in [-0.05, 0) is 0 Å². The molecule has 0 aromatic carbocycles. The van der Waals surface area contributed by atoms with Crippen LogP contribution < -0.4 is 10.9 Å². The third-order valence-electron chi connectivity index (χ3n) is 2.06. The maximum absolute atomic E-state index is 11.2. The van der Waals surface area contributed by atoms with E-state index in [1.54, 1.807) is 0 Å². The Kier molecular flexibility index (Phi) is 2.40. The van der Waals surface area contributed by atoms with Crippen LogP contribution in [0.5, 0.6) is 0 Å². The lowest BCUT2D eigenvalue weighted by Gasteiger charge is -2.03. The number of carbonyl (C=O) groups is 1. The lowest BCUT2D eigenvalue weighted by molar-refractivity contribution is -0.110. The second-order valence-electron chi connectivity index (χ2n) is 3.12. The number of amidine groups is 1. The first kappa shape index (κ1) is 9.78. The van der Waals surface area contributed by atoms with Gasteiger partial charge in [-0.15, -0.1) is 0 Å². The molecule has 2 rings (SSSR count). The third-order valence-corrected chi connectivity index (χ3v) is 5.20. The van der Waals surface area contributed by atoms with Crippen LogP contribution in [0.3, 0.4) is 0 Å². The molecular weight excluding hydrogens is 226 g/mol. The molecule has 0 aromatic rings. The van der Waals surface area contributed by atoms with Crippen LogP contribution >= 0.6 is 11.8 Å². The molecular formula is C6H9N3O3S2. The van der Waals surface area contributed by atoms with Crippen molar-refractivity contribution in [3.05, 3.63) is 0 Å². The predicted molar refractivity (Wildman–Crippen MR) is 53.6 cm³/mol. The maximum Gasteiger partial charge on any atom is 0.225 e. The number of hydrogen-bond donors (Lipinski definition) is 2. The summed E-state index contributed by atoms with van der Waals surface area (Å²) in [4.78, 5) is 14.1. The van der Waals surface area contributed by atoms with Gasteiger partial charge in [0.1, 0.15) is 0 Å². The lowest BCUT2D eigenvalue weighted by atomic mass is 10.3. The van der Waals surface area contributed by atoms with Gasteiger partial charge in [-0.2, -0.15) is 0 Å². The highest BCUT2D eigenvalue weighted by Gasteiger charge is 2.42. The number of thioether (sulfide) groups is 1. The Morgan fingerprint density at radius 3 is 2.93 bits per heavy atom. The summed E-state index contributed by atoms with van der Waals surface area (Å²) in [5, 5.41) is 0.595. The normalized spacial score (nSPS) is 33.3. The van der Waals surface area contributed by atoms with Crippen molar-refractivity contribution in [2.45, 2.75) is 11.3 Å². The summed E-state index contributed by atoms with van der Waals surface area (Å²) in [5.74, 6) is 0.301. The highest BCUT2D eigenvalue weighted by Crippen LogP contribution is 2.32. The first-order valence-electron chi connectivity index (χ1n) is 4.01. The third kappa shape index (κ3) is 1.85. The van der Waals surface area contributed by atoms with Crippen LogP contribution in [-0.2, 0) is 14.6 Å². The van der Waals surface area contributed by atoms with Gasteiger partial charge in [0.2, 0.25) is 6.41 Å². The number of sulfone groups is 1. The summed E-state index contributed by atoms with van der Waals surface area (Å²) in [6.45, 7) is 0. The second kappa shape index (κ2) is 3.43. The van der Waals surface area contributed by atoms with Crippen molar-refractivity contribution in [2.24, 2.45) is 4.99 Å². The van der Waals surface area contributed by atoms with E-state index in [1.807, 2.05) is 0 Å². The summed E-state index contributed by atoms with van der Waals surface area (Å²) in [5.41, 5.74) is 4.86. The molecule has 0 spiro atoms. The Balaban J connectivity index is 2.01. The van der Waals surface area contributed by atoms with Gasteiger partial charge < -0.3 is 0 Å². The SMILES string of the molecule is O=CNNC1=N[C@H]2CS(=O)(=O)C[C@H]2S1. The fourth-order valence-electron chi connectivity index (χ4n) is 1.51. The molecule has 0 bridgehead atoms. The summed E-state index contributed by atoms with van der Waals surface area (Å²) >= 11 is 1.36. The molecule has 6 nitrogen and oxygen atoms in total. The monoisotopic (exact) mass is 235 g/mol.